The van der Waals surface area contributed by atoms with Gasteiger partial charge in [-0.1, -0.05) is 12.1 Å². The zero-order chi connectivity index (χ0) is 15.5. The van der Waals surface area contributed by atoms with Crippen LogP contribution in [0.5, 0.6) is 0 Å². The third-order valence-electron chi connectivity index (χ3n) is 3.55. The van der Waals surface area contributed by atoms with Crippen molar-refractivity contribution < 1.29 is 12.8 Å². The molecule has 0 aromatic heterocycles. The highest BCUT2D eigenvalue weighted by atomic mass is 32.2. The van der Waals surface area contributed by atoms with E-state index in [0.29, 0.717) is 31.0 Å². The summed E-state index contributed by atoms with van der Waals surface area (Å²) in [6.45, 7) is 1.67. The molecule has 0 spiro atoms. The zero-order valence-corrected chi connectivity index (χ0v) is 13.9. The average Bonchev–Trinajstić information content (AvgIpc) is 2.42. The minimum absolute atomic E-state index is 0.277. The fourth-order valence-corrected chi connectivity index (χ4v) is 5.41. The minimum Gasteiger partial charge on any atom is -0.316 e. The van der Waals surface area contributed by atoms with E-state index in [1.165, 1.54) is 12.3 Å². The summed E-state index contributed by atoms with van der Waals surface area (Å²) in [5.41, 5.74) is 1.56. The Morgan fingerprint density at radius 2 is 2.24 bits per heavy atom. The van der Waals surface area contributed by atoms with Gasteiger partial charge < -0.3 is 5.32 Å². The lowest BCUT2D eigenvalue weighted by Crippen LogP contribution is -2.46. The van der Waals surface area contributed by atoms with Crippen LogP contribution in [-0.2, 0) is 22.9 Å². The van der Waals surface area contributed by atoms with Crippen LogP contribution in [0.15, 0.2) is 18.2 Å². The van der Waals surface area contributed by atoms with Gasteiger partial charge in [0.2, 0.25) is 0 Å². The molecule has 118 valence electrons. The summed E-state index contributed by atoms with van der Waals surface area (Å²) in [5.74, 6) is 1.15. The van der Waals surface area contributed by atoms with Crippen LogP contribution in [0.4, 0.5) is 4.39 Å². The summed E-state index contributed by atoms with van der Waals surface area (Å²) in [6.07, 6.45) is 1.25. The predicted molar refractivity (Wildman–Crippen MR) is 85.5 cm³/mol. The third kappa shape index (κ3) is 4.42. The first-order valence-electron chi connectivity index (χ1n) is 6.84. The second-order valence-corrected chi connectivity index (χ2v) is 8.64. The van der Waals surface area contributed by atoms with Crippen molar-refractivity contribution in [3.05, 3.63) is 35.1 Å². The summed E-state index contributed by atoms with van der Waals surface area (Å²) in [6, 6.07) is 5.01. The number of hydrogen-bond acceptors (Lipinski definition) is 5. The largest absolute Gasteiger partial charge is 0.316 e. The van der Waals surface area contributed by atoms with Crippen LogP contribution in [0.2, 0.25) is 0 Å². The predicted octanol–water partition coefficient (Wildman–Crippen LogP) is 1.46. The fraction of sp³-hybridized carbons (Fsp3) is 0.571. The Morgan fingerprint density at radius 3 is 2.90 bits per heavy atom. The summed E-state index contributed by atoms with van der Waals surface area (Å²) in [7, 11) is -1.32. The highest BCUT2D eigenvalue weighted by molar-refractivity contribution is 8.00. The molecule has 0 saturated carbocycles. The number of hydrogen-bond donors (Lipinski definition) is 1. The van der Waals surface area contributed by atoms with Gasteiger partial charge in [-0.25, -0.2) is 12.8 Å². The van der Waals surface area contributed by atoms with E-state index >= 15 is 0 Å². The van der Waals surface area contributed by atoms with E-state index in [4.69, 9.17) is 0 Å². The van der Waals surface area contributed by atoms with Crippen LogP contribution in [0.3, 0.4) is 0 Å². The molecule has 21 heavy (non-hydrogen) atoms. The molecular formula is C14H21FN2O2S2. The quantitative estimate of drug-likeness (QED) is 0.885. The standard InChI is InChI=1S/C14H21FN2O2S2/c1-16-8-11-3-4-13(15)12(7-11)9-17-5-6-20-10-14(17)21(2,18)19/h3-4,7,14,16H,5-6,8-10H2,1-2H3. The topological polar surface area (TPSA) is 49.4 Å². The van der Waals surface area contributed by atoms with Crippen molar-refractivity contribution in [1.82, 2.24) is 10.2 Å². The molecule has 1 unspecified atom stereocenters. The smallest absolute Gasteiger partial charge is 0.164 e. The van der Waals surface area contributed by atoms with Crippen molar-refractivity contribution in [3.8, 4) is 0 Å². The second kappa shape index (κ2) is 7.09. The molecule has 1 aromatic rings. The van der Waals surface area contributed by atoms with Crippen LogP contribution < -0.4 is 5.32 Å². The molecule has 0 bridgehead atoms. The Balaban J connectivity index is 2.21. The summed E-state index contributed by atoms with van der Waals surface area (Å²) < 4.78 is 37.8. The van der Waals surface area contributed by atoms with Crippen molar-refractivity contribution in [2.75, 3.05) is 31.4 Å². The lowest BCUT2D eigenvalue weighted by molar-refractivity contribution is 0.258. The molecule has 1 N–H and O–H groups in total. The lowest BCUT2D eigenvalue weighted by atomic mass is 10.1. The number of nitrogens with zero attached hydrogens (tertiary/aromatic N) is 1. The molecule has 1 atom stereocenters. The maximum atomic E-state index is 14.0. The molecule has 1 fully saturated rings. The maximum Gasteiger partial charge on any atom is 0.164 e. The number of halogens is 1. The molecule has 2 rings (SSSR count). The van der Waals surface area contributed by atoms with Gasteiger partial charge in [-0.05, 0) is 18.7 Å². The van der Waals surface area contributed by atoms with Crippen LogP contribution in [0, 0.1) is 5.82 Å². The highest BCUT2D eigenvalue weighted by Gasteiger charge is 2.31. The minimum atomic E-state index is -3.16. The molecule has 7 heteroatoms. The first-order chi connectivity index (χ1) is 9.91. The van der Waals surface area contributed by atoms with Crippen molar-refractivity contribution in [3.63, 3.8) is 0 Å². The van der Waals surface area contributed by atoms with Crippen molar-refractivity contribution in [1.29, 1.82) is 0 Å². The van der Waals surface area contributed by atoms with Gasteiger partial charge >= 0.3 is 0 Å². The molecule has 4 nitrogen and oxygen atoms in total. The van der Waals surface area contributed by atoms with Gasteiger partial charge in [0.15, 0.2) is 9.84 Å². The average molecular weight is 332 g/mol. The molecule has 0 aliphatic carbocycles. The van der Waals surface area contributed by atoms with Crippen molar-refractivity contribution in [2.24, 2.45) is 0 Å². The molecule has 1 heterocycles. The Morgan fingerprint density at radius 1 is 1.48 bits per heavy atom. The Bertz CT molecular complexity index is 593. The van der Waals surface area contributed by atoms with E-state index in [2.05, 4.69) is 5.32 Å². The molecule has 1 aliphatic heterocycles. The SMILES string of the molecule is CNCc1ccc(F)c(CN2CCSCC2S(C)(=O)=O)c1. The van der Waals surface area contributed by atoms with Gasteiger partial charge in [0, 0.05) is 43.0 Å². The highest BCUT2D eigenvalue weighted by Crippen LogP contribution is 2.23. The summed E-state index contributed by atoms with van der Waals surface area (Å²) >= 11 is 1.64. The van der Waals surface area contributed by atoms with Gasteiger partial charge in [0.05, 0.1) is 0 Å². The summed E-state index contributed by atoms with van der Waals surface area (Å²) in [5, 5.41) is 2.51. The molecule has 1 aliphatic rings. The number of benzene rings is 1. The molecule has 0 radical (unpaired) electrons. The van der Waals surface area contributed by atoms with Crippen LogP contribution in [-0.4, -0.2) is 50.0 Å². The van der Waals surface area contributed by atoms with Crippen LogP contribution in [0.1, 0.15) is 11.1 Å². The van der Waals surface area contributed by atoms with Crippen molar-refractivity contribution >= 4 is 21.6 Å². The van der Waals surface area contributed by atoms with E-state index in [9.17, 15) is 12.8 Å². The van der Waals surface area contributed by atoms with Gasteiger partial charge in [0.25, 0.3) is 0 Å². The number of rotatable bonds is 5. The molecule has 1 aromatic carbocycles. The van der Waals surface area contributed by atoms with Crippen LogP contribution in [0.25, 0.3) is 0 Å². The second-order valence-electron chi connectivity index (χ2n) is 5.29. The Kier molecular flexibility index (Phi) is 5.65. The Hall–Kier alpha value is -0.630. The third-order valence-corrected chi connectivity index (χ3v) is 6.24. The zero-order valence-electron chi connectivity index (χ0n) is 12.3. The van der Waals surface area contributed by atoms with Crippen LogP contribution >= 0.6 is 11.8 Å². The molecular weight excluding hydrogens is 311 g/mol. The van der Waals surface area contributed by atoms with E-state index in [1.807, 2.05) is 18.0 Å². The van der Waals surface area contributed by atoms with Gasteiger partial charge in [-0.2, -0.15) is 11.8 Å². The number of thioether (sulfide) groups is 1. The monoisotopic (exact) mass is 332 g/mol. The Labute approximate surface area is 130 Å². The van der Waals surface area contributed by atoms with Crippen molar-refractivity contribution in [2.45, 2.75) is 18.5 Å². The van der Waals surface area contributed by atoms with E-state index < -0.39 is 15.2 Å². The van der Waals surface area contributed by atoms with Gasteiger partial charge in [-0.15, -0.1) is 0 Å². The van der Waals surface area contributed by atoms with E-state index in [-0.39, 0.29) is 5.82 Å². The summed E-state index contributed by atoms with van der Waals surface area (Å²) in [4.78, 5) is 1.87. The van der Waals surface area contributed by atoms with Gasteiger partial charge in [0.1, 0.15) is 11.2 Å². The molecule has 1 saturated heterocycles. The number of sulfone groups is 1. The lowest BCUT2D eigenvalue weighted by Gasteiger charge is -2.34. The number of nitrogens with one attached hydrogen (secondary N) is 1. The maximum absolute atomic E-state index is 14.0. The van der Waals surface area contributed by atoms with E-state index in [0.717, 1.165) is 11.3 Å². The molecule has 0 amide bonds. The first-order valence-corrected chi connectivity index (χ1v) is 9.95. The van der Waals surface area contributed by atoms with E-state index in [1.54, 1.807) is 17.8 Å². The van der Waals surface area contributed by atoms with Gasteiger partial charge in [-0.3, -0.25) is 4.90 Å². The fourth-order valence-electron chi connectivity index (χ4n) is 2.47. The first kappa shape index (κ1) is 16.7. The normalized spacial score (nSPS) is 20.6.